The number of nitrogens with zero attached hydrogens (tertiary/aromatic N) is 2. The molecular weight excluding hydrogens is 534 g/mol. The normalized spacial score (nSPS) is 12.0. The van der Waals surface area contributed by atoms with Crippen molar-refractivity contribution in [2.24, 2.45) is 0 Å². The van der Waals surface area contributed by atoms with Gasteiger partial charge in [-0.3, -0.25) is 13.9 Å². The van der Waals surface area contributed by atoms with Crippen molar-refractivity contribution < 1.29 is 18.0 Å². The molecule has 2 amide bonds. The van der Waals surface area contributed by atoms with Gasteiger partial charge in [-0.2, -0.15) is 0 Å². The molecule has 0 heterocycles. The van der Waals surface area contributed by atoms with Gasteiger partial charge in [0, 0.05) is 18.1 Å². The summed E-state index contributed by atoms with van der Waals surface area (Å²) >= 11 is 5.99. The van der Waals surface area contributed by atoms with Crippen LogP contribution in [0.5, 0.6) is 0 Å². The van der Waals surface area contributed by atoms with Crippen molar-refractivity contribution in [1.82, 2.24) is 10.2 Å². The third kappa shape index (κ3) is 8.07. The molecule has 3 aromatic rings. The van der Waals surface area contributed by atoms with Crippen LogP contribution in [-0.4, -0.2) is 44.3 Å². The molecule has 208 valence electrons. The highest BCUT2D eigenvalue weighted by atomic mass is 35.5. The average Bonchev–Trinajstić information content (AvgIpc) is 2.90. The predicted octanol–water partition coefficient (Wildman–Crippen LogP) is 5.49. The molecule has 0 unspecified atom stereocenters. The summed E-state index contributed by atoms with van der Waals surface area (Å²) in [6, 6.07) is 19.6. The summed E-state index contributed by atoms with van der Waals surface area (Å²) in [5.41, 5.74) is 3.16. The number of hydrogen-bond donors (Lipinski definition) is 1. The lowest BCUT2D eigenvalue weighted by Gasteiger charge is -2.32. The molecule has 0 spiro atoms. The van der Waals surface area contributed by atoms with Gasteiger partial charge in [0.25, 0.3) is 10.0 Å². The number of halogens is 1. The maximum atomic E-state index is 13.9. The fourth-order valence-electron chi connectivity index (χ4n) is 4.10. The van der Waals surface area contributed by atoms with Crippen molar-refractivity contribution in [1.29, 1.82) is 0 Å². The average molecular weight is 570 g/mol. The van der Waals surface area contributed by atoms with E-state index in [2.05, 4.69) is 5.32 Å². The van der Waals surface area contributed by atoms with E-state index in [9.17, 15) is 18.0 Å². The number of rotatable bonds is 12. The van der Waals surface area contributed by atoms with Crippen LogP contribution in [-0.2, 0) is 26.2 Å². The zero-order valence-corrected chi connectivity index (χ0v) is 24.4. The van der Waals surface area contributed by atoms with Crippen molar-refractivity contribution in [3.05, 3.63) is 94.5 Å². The van der Waals surface area contributed by atoms with Crippen LogP contribution >= 0.6 is 11.6 Å². The van der Waals surface area contributed by atoms with E-state index in [4.69, 9.17) is 11.6 Å². The van der Waals surface area contributed by atoms with Crippen LogP contribution in [0.25, 0.3) is 0 Å². The first-order valence-electron chi connectivity index (χ1n) is 13.0. The van der Waals surface area contributed by atoms with Crippen molar-refractivity contribution in [3.8, 4) is 0 Å². The number of hydrogen-bond acceptors (Lipinski definition) is 4. The maximum absolute atomic E-state index is 13.9. The molecule has 3 aromatic carbocycles. The summed E-state index contributed by atoms with van der Waals surface area (Å²) in [4.78, 5) is 28.4. The van der Waals surface area contributed by atoms with Crippen LogP contribution in [0.2, 0.25) is 5.02 Å². The predicted molar refractivity (Wildman–Crippen MR) is 156 cm³/mol. The smallest absolute Gasteiger partial charge is 0.264 e. The number of aryl methyl sites for hydroxylation is 2. The number of benzene rings is 3. The molecule has 1 N–H and O–H groups in total. The van der Waals surface area contributed by atoms with Crippen LogP contribution in [0.4, 0.5) is 5.69 Å². The Morgan fingerprint density at radius 1 is 0.949 bits per heavy atom. The second-order valence-corrected chi connectivity index (χ2v) is 11.9. The fraction of sp³-hybridized carbons (Fsp3) is 0.333. The van der Waals surface area contributed by atoms with E-state index in [1.54, 1.807) is 31.2 Å². The van der Waals surface area contributed by atoms with Gasteiger partial charge in [-0.15, -0.1) is 0 Å². The van der Waals surface area contributed by atoms with Crippen LogP contribution < -0.4 is 9.62 Å². The molecule has 0 bridgehead atoms. The Labute approximate surface area is 236 Å². The van der Waals surface area contributed by atoms with E-state index in [1.165, 1.54) is 29.2 Å². The van der Waals surface area contributed by atoms with E-state index >= 15 is 0 Å². The number of amides is 2. The lowest BCUT2D eigenvalue weighted by molar-refractivity contribution is -0.139. The standard InChI is InChI=1S/C30H36ClN3O4S/c1-5-6-18-32-30(36)24(4)33(20-25-9-7-8-23(3)19-25)29(35)21-34(27-14-10-22(2)11-15-27)39(37,38)28-16-12-26(31)13-17-28/h7-17,19,24H,5-6,18,20-21H2,1-4H3,(H,32,36)/t24-/m0/s1. The first kappa shape index (κ1) is 30.2. The number of carbonyl (C=O) groups excluding carboxylic acids is 2. The second-order valence-electron chi connectivity index (χ2n) is 9.63. The van der Waals surface area contributed by atoms with Crippen molar-refractivity contribution >= 4 is 39.1 Å². The highest BCUT2D eigenvalue weighted by Crippen LogP contribution is 2.26. The van der Waals surface area contributed by atoms with Gasteiger partial charge in [-0.25, -0.2) is 8.42 Å². The molecule has 0 fully saturated rings. The zero-order chi connectivity index (χ0) is 28.6. The van der Waals surface area contributed by atoms with Gasteiger partial charge in [-0.05, 0) is 69.2 Å². The molecule has 0 aliphatic heterocycles. The third-order valence-corrected chi connectivity index (χ3v) is 8.47. The lowest BCUT2D eigenvalue weighted by atomic mass is 10.1. The summed E-state index contributed by atoms with van der Waals surface area (Å²) in [6.07, 6.45) is 1.75. The minimum absolute atomic E-state index is 0.0101. The summed E-state index contributed by atoms with van der Waals surface area (Å²) < 4.78 is 28.7. The van der Waals surface area contributed by atoms with Gasteiger partial charge in [0.2, 0.25) is 11.8 Å². The molecule has 7 nitrogen and oxygen atoms in total. The minimum Gasteiger partial charge on any atom is -0.354 e. The molecule has 1 atom stereocenters. The number of carbonyl (C=O) groups is 2. The summed E-state index contributed by atoms with van der Waals surface area (Å²) in [5.74, 6) is -0.778. The number of sulfonamides is 1. The molecule has 0 aromatic heterocycles. The van der Waals surface area contributed by atoms with Crippen molar-refractivity contribution in [2.75, 3.05) is 17.4 Å². The highest BCUT2D eigenvalue weighted by molar-refractivity contribution is 7.92. The number of unbranched alkanes of at least 4 members (excludes halogenated alkanes) is 1. The maximum Gasteiger partial charge on any atom is 0.264 e. The SMILES string of the molecule is CCCCNC(=O)[C@H](C)N(Cc1cccc(C)c1)C(=O)CN(c1ccc(C)cc1)S(=O)(=O)c1ccc(Cl)cc1. The van der Waals surface area contributed by atoms with Crippen molar-refractivity contribution in [3.63, 3.8) is 0 Å². The Morgan fingerprint density at radius 2 is 1.62 bits per heavy atom. The Bertz CT molecular complexity index is 1380. The van der Waals surface area contributed by atoms with Crippen LogP contribution in [0, 0.1) is 13.8 Å². The summed E-state index contributed by atoms with van der Waals surface area (Å²) in [5, 5.41) is 3.29. The fourth-order valence-corrected chi connectivity index (χ4v) is 5.64. The molecule has 0 radical (unpaired) electrons. The van der Waals surface area contributed by atoms with Gasteiger partial charge < -0.3 is 10.2 Å². The van der Waals surface area contributed by atoms with Gasteiger partial charge in [0.05, 0.1) is 10.6 Å². The molecule has 39 heavy (non-hydrogen) atoms. The second kappa shape index (κ2) is 13.6. The van der Waals surface area contributed by atoms with E-state index in [0.29, 0.717) is 17.3 Å². The summed E-state index contributed by atoms with van der Waals surface area (Å²) in [7, 11) is -4.13. The van der Waals surface area contributed by atoms with Gasteiger partial charge in [-0.1, -0.05) is 72.5 Å². The Kier molecular flexibility index (Phi) is 10.5. The Morgan fingerprint density at radius 3 is 2.23 bits per heavy atom. The molecule has 0 saturated heterocycles. The molecule has 0 aliphatic carbocycles. The van der Waals surface area contributed by atoms with Gasteiger partial charge in [0.15, 0.2) is 0 Å². The van der Waals surface area contributed by atoms with E-state index in [-0.39, 0.29) is 17.3 Å². The molecular formula is C30H36ClN3O4S. The van der Waals surface area contributed by atoms with E-state index in [1.807, 2.05) is 45.0 Å². The van der Waals surface area contributed by atoms with Crippen LogP contribution in [0.1, 0.15) is 43.4 Å². The molecule has 9 heteroatoms. The molecule has 0 saturated carbocycles. The van der Waals surface area contributed by atoms with Crippen LogP contribution in [0.15, 0.2) is 77.7 Å². The first-order valence-corrected chi connectivity index (χ1v) is 14.8. The molecule has 0 aliphatic rings. The lowest BCUT2D eigenvalue weighted by Crippen LogP contribution is -2.51. The first-order chi connectivity index (χ1) is 18.5. The van der Waals surface area contributed by atoms with Crippen LogP contribution in [0.3, 0.4) is 0 Å². The monoisotopic (exact) mass is 569 g/mol. The number of nitrogens with one attached hydrogen (secondary N) is 1. The molecule has 3 rings (SSSR count). The Balaban J connectivity index is 1.99. The highest BCUT2D eigenvalue weighted by Gasteiger charge is 2.32. The quantitative estimate of drug-likeness (QED) is 0.292. The number of anilines is 1. The van der Waals surface area contributed by atoms with Gasteiger partial charge in [0.1, 0.15) is 12.6 Å². The minimum atomic E-state index is -4.13. The largest absolute Gasteiger partial charge is 0.354 e. The van der Waals surface area contributed by atoms with Gasteiger partial charge >= 0.3 is 0 Å². The van der Waals surface area contributed by atoms with Crippen molar-refractivity contribution in [2.45, 2.75) is 58.0 Å². The third-order valence-electron chi connectivity index (χ3n) is 6.43. The summed E-state index contributed by atoms with van der Waals surface area (Å²) in [6.45, 7) is 7.73. The Hall–Kier alpha value is -3.36. The topological polar surface area (TPSA) is 86.8 Å². The van der Waals surface area contributed by atoms with E-state index < -0.39 is 28.5 Å². The zero-order valence-electron chi connectivity index (χ0n) is 22.9. The van der Waals surface area contributed by atoms with E-state index in [0.717, 1.165) is 33.8 Å².